The number of nitrogens with zero attached hydrogens (tertiary/aromatic N) is 1. The average Bonchev–Trinajstić information content (AvgIpc) is 3.09. The largest absolute Gasteiger partial charge is 0.469 e. The van der Waals surface area contributed by atoms with E-state index in [0.29, 0.717) is 0 Å². The molecule has 3 rings (SSSR count). The molecule has 2 heterocycles. The molecular weight excluding hydrogens is 268 g/mol. The summed E-state index contributed by atoms with van der Waals surface area (Å²) in [5, 5.41) is 0. The summed E-state index contributed by atoms with van der Waals surface area (Å²) in [4.78, 5) is 3.14. The summed E-state index contributed by atoms with van der Waals surface area (Å²) in [6, 6.07) is 14.4. The minimum absolute atomic E-state index is 0.232. The molecule has 3 nitrogen and oxygen atoms in total. The quantitative estimate of drug-likeness (QED) is 0.710. The summed E-state index contributed by atoms with van der Waals surface area (Å²) < 4.78 is 8.31. The van der Waals surface area contributed by atoms with E-state index in [2.05, 4.69) is 28.6 Å². The Labute approximate surface area is 122 Å². The van der Waals surface area contributed by atoms with Crippen LogP contribution in [0.2, 0.25) is 0 Å². The van der Waals surface area contributed by atoms with Gasteiger partial charge in [-0.2, -0.15) is 0 Å². The second-order valence-corrected chi connectivity index (χ2v) is 5.23. The van der Waals surface area contributed by atoms with E-state index in [4.69, 9.17) is 16.6 Å². The Balaban J connectivity index is 1.97. The van der Waals surface area contributed by atoms with Gasteiger partial charge in [0.2, 0.25) is 0 Å². The Hall–Kier alpha value is -2.07. The third kappa shape index (κ3) is 2.47. The van der Waals surface area contributed by atoms with Crippen molar-refractivity contribution in [3.05, 3.63) is 65.5 Å². The van der Waals surface area contributed by atoms with Gasteiger partial charge in [0.25, 0.3) is 0 Å². The van der Waals surface area contributed by atoms with Crippen LogP contribution in [0.15, 0.2) is 59.3 Å². The zero-order chi connectivity index (χ0) is 13.9. The molecule has 0 amide bonds. The maximum Gasteiger partial charge on any atom is 0.177 e. The zero-order valence-electron chi connectivity index (χ0n) is 11.2. The van der Waals surface area contributed by atoms with Gasteiger partial charge in [-0.25, -0.2) is 0 Å². The molecule has 1 unspecified atom stereocenters. The number of furan rings is 1. The first kappa shape index (κ1) is 12.9. The van der Waals surface area contributed by atoms with Crippen molar-refractivity contribution in [1.82, 2.24) is 9.55 Å². The molecule has 0 spiro atoms. The third-order valence-corrected chi connectivity index (χ3v) is 3.71. The van der Waals surface area contributed by atoms with Crippen molar-refractivity contribution in [1.29, 1.82) is 0 Å². The standard InChI is InChI=1S/C16H16N2OS/c1-12(10-14-8-5-9-19-14)18-15(11-17-16(18)20)13-6-3-2-4-7-13/h2-9,11-12H,10H2,1H3,(H,17,20). The molecule has 0 aliphatic carbocycles. The molecule has 102 valence electrons. The van der Waals surface area contributed by atoms with Gasteiger partial charge in [0.1, 0.15) is 5.76 Å². The molecule has 0 bridgehead atoms. The van der Waals surface area contributed by atoms with E-state index in [1.165, 1.54) is 0 Å². The molecule has 1 N–H and O–H groups in total. The van der Waals surface area contributed by atoms with E-state index in [1.807, 2.05) is 36.5 Å². The highest BCUT2D eigenvalue weighted by Gasteiger charge is 2.14. The molecule has 0 saturated carbocycles. The molecule has 0 fully saturated rings. The number of hydrogen-bond acceptors (Lipinski definition) is 2. The number of hydrogen-bond donors (Lipinski definition) is 1. The third-order valence-electron chi connectivity index (χ3n) is 3.40. The van der Waals surface area contributed by atoms with Crippen LogP contribution in [-0.4, -0.2) is 9.55 Å². The van der Waals surface area contributed by atoms with Crippen molar-refractivity contribution < 1.29 is 4.42 Å². The maximum absolute atomic E-state index is 5.43. The number of benzene rings is 1. The molecule has 0 saturated heterocycles. The van der Waals surface area contributed by atoms with E-state index in [9.17, 15) is 0 Å². The van der Waals surface area contributed by atoms with E-state index in [0.717, 1.165) is 28.2 Å². The van der Waals surface area contributed by atoms with Gasteiger partial charge in [-0.15, -0.1) is 0 Å². The molecule has 1 atom stereocenters. The van der Waals surface area contributed by atoms with Crippen molar-refractivity contribution in [3.63, 3.8) is 0 Å². The van der Waals surface area contributed by atoms with Gasteiger partial charge in [-0.05, 0) is 36.8 Å². The van der Waals surface area contributed by atoms with Crippen molar-refractivity contribution in [2.24, 2.45) is 0 Å². The molecule has 0 aliphatic heterocycles. The lowest BCUT2D eigenvalue weighted by molar-refractivity contribution is 0.448. The van der Waals surface area contributed by atoms with E-state index in [1.54, 1.807) is 6.26 Å². The highest BCUT2D eigenvalue weighted by molar-refractivity contribution is 7.71. The fourth-order valence-corrected chi connectivity index (χ4v) is 2.80. The van der Waals surface area contributed by atoms with Crippen LogP contribution in [-0.2, 0) is 6.42 Å². The average molecular weight is 284 g/mol. The van der Waals surface area contributed by atoms with Gasteiger partial charge in [-0.1, -0.05) is 30.3 Å². The zero-order valence-corrected chi connectivity index (χ0v) is 12.1. The van der Waals surface area contributed by atoms with Crippen molar-refractivity contribution in [2.75, 3.05) is 0 Å². The number of imidazole rings is 1. The highest BCUT2D eigenvalue weighted by Crippen LogP contribution is 2.25. The number of nitrogens with one attached hydrogen (secondary N) is 1. The molecule has 4 heteroatoms. The van der Waals surface area contributed by atoms with Crippen molar-refractivity contribution in [3.8, 4) is 11.3 Å². The molecule has 1 aromatic carbocycles. The van der Waals surface area contributed by atoms with Crippen LogP contribution < -0.4 is 0 Å². The van der Waals surface area contributed by atoms with Gasteiger partial charge in [0.15, 0.2) is 4.77 Å². The Morgan fingerprint density at radius 2 is 2.00 bits per heavy atom. The molecule has 0 radical (unpaired) electrons. The lowest BCUT2D eigenvalue weighted by atomic mass is 10.1. The monoisotopic (exact) mass is 284 g/mol. The van der Waals surface area contributed by atoms with Crippen LogP contribution in [0.4, 0.5) is 0 Å². The fraction of sp³-hybridized carbons (Fsp3) is 0.188. The molecule has 3 aromatic rings. The smallest absolute Gasteiger partial charge is 0.177 e. The normalized spacial score (nSPS) is 12.4. The molecular formula is C16H16N2OS. The highest BCUT2D eigenvalue weighted by atomic mass is 32.1. The summed E-state index contributed by atoms with van der Waals surface area (Å²) in [5.74, 6) is 0.972. The summed E-state index contributed by atoms with van der Waals surface area (Å²) >= 11 is 5.42. The molecule has 20 heavy (non-hydrogen) atoms. The lowest BCUT2D eigenvalue weighted by Gasteiger charge is -2.15. The van der Waals surface area contributed by atoms with Crippen molar-refractivity contribution >= 4 is 12.2 Å². The van der Waals surface area contributed by atoms with Crippen molar-refractivity contribution in [2.45, 2.75) is 19.4 Å². The van der Waals surface area contributed by atoms with Gasteiger partial charge in [0, 0.05) is 18.7 Å². The molecule has 2 aromatic heterocycles. The Bertz CT molecular complexity index is 725. The summed E-state index contributed by atoms with van der Waals surface area (Å²) in [5.41, 5.74) is 2.26. The van der Waals surface area contributed by atoms with Gasteiger partial charge < -0.3 is 14.0 Å². The van der Waals surface area contributed by atoms with Crippen LogP contribution in [0.1, 0.15) is 18.7 Å². The minimum Gasteiger partial charge on any atom is -0.469 e. The van der Waals surface area contributed by atoms with Crippen LogP contribution in [0.25, 0.3) is 11.3 Å². The topological polar surface area (TPSA) is 33.9 Å². The summed E-state index contributed by atoms with van der Waals surface area (Å²) in [6.45, 7) is 2.15. The second-order valence-electron chi connectivity index (χ2n) is 4.85. The van der Waals surface area contributed by atoms with E-state index < -0.39 is 0 Å². The number of H-pyrrole nitrogens is 1. The van der Waals surface area contributed by atoms with E-state index >= 15 is 0 Å². The predicted molar refractivity (Wildman–Crippen MR) is 82.2 cm³/mol. The Morgan fingerprint density at radius 1 is 1.20 bits per heavy atom. The predicted octanol–water partition coefficient (Wildman–Crippen LogP) is 4.61. The minimum atomic E-state index is 0.232. The number of aromatic nitrogens is 2. The Morgan fingerprint density at radius 3 is 2.70 bits per heavy atom. The van der Waals surface area contributed by atoms with Crippen LogP contribution in [0, 0.1) is 4.77 Å². The second kappa shape index (κ2) is 5.51. The van der Waals surface area contributed by atoms with Gasteiger partial charge >= 0.3 is 0 Å². The maximum atomic E-state index is 5.43. The SMILES string of the molecule is CC(Cc1ccco1)n1c(-c2ccccc2)c[nH]c1=S. The molecule has 0 aliphatic rings. The first-order chi connectivity index (χ1) is 9.75. The van der Waals surface area contributed by atoms with Crippen LogP contribution in [0.5, 0.6) is 0 Å². The summed E-state index contributed by atoms with van der Waals surface area (Å²) in [6.07, 6.45) is 4.49. The fourth-order valence-electron chi connectivity index (χ4n) is 2.46. The first-order valence-corrected chi connectivity index (χ1v) is 7.04. The lowest BCUT2D eigenvalue weighted by Crippen LogP contribution is -2.09. The van der Waals surface area contributed by atoms with E-state index in [-0.39, 0.29) is 6.04 Å². The summed E-state index contributed by atoms with van der Waals surface area (Å²) in [7, 11) is 0. The van der Waals surface area contributed by atoms with Gasteiger partial charge in [-0.3, -0.25) is 0 Å². The first-order valence-electron chi connectivity index (χ1n) is 6.63. The van der Waals surface area contributed by atoms with Gasteiger partial charge in [0.05, 0.1) is 12.0 Å². The van der Waals surface area contributed by atoms with Crippen LogP contribution in [0.3, 0.4) is 0 Å². The number of aromatic amines is 1. The number of rotatable bonds is 4. The van der Waals surface area contributed by atoms with Crippen LogP contribution >= 0.6 is 12.2 Å². The Kier molecular flexibility index (Phi) is 3.56.